The second-order valence-electron chi connectivity index (χ2n) is 5.48. The molecule has 0 unspecified atom stereocenters. The molecule has 0 N–H and O–H groups in total. The van der Waals surface area contributed by atoms with Crippen LogP contribution in [0.4, 0.5) is 0 Å². The van der Waals surface area contributed by atoms with Crippen LogP contribution in [0, 0.1) is 11.3 Å². The third-order valence-electron chi connectivity index (χ3n) is 3.83. The largest absolute Gasteiger partial charge is 0.251 e. The second-order valence-corrected chi connectivity index (χ2v) is 7.81. The van der Waals surface area contributed by atoms with Crippen molar-refractivity contribution >= 4 is 69.6 Å². The highest BCUT2D eigenvalue weighted by molar-refractivity contribution is 6.50. The van der Waals surface area contributed by atoms with Gasteiger partial charge in [-0.25, -0.2) is 0 Å². The first-order valence-electron chi connectivity index (χ1n) is 7.49. The summed E-state index contributed by atoms with van der Waals surface area (Å²) in [5.74, 6) is 0. The summed E-state index contributed by atoms with van der Waals surface area (Å²) >= 11 is 37.3. The van der Waals surface area contributed by atoms with E-state index in [1.807, 2.05) is 0 Å². The molecule has 2 aromatic carbocycles. The van der Waals surface area contributed by atoms with E-state index < -0.39 is 0 Å². The van der Waals surface area contributed by atoms with Gasteiger partial charge in [0.25, 0.3) is 0 Å². The first-order valence-corrected chi connectivity index (χ1v) is 9.76. The fraction of sp³-hybridized carbons (Fsp3) is 0.0526. The molecule has 0 amide bonds. The zero-order valence-electron chi connectivity index (χ0n) is 13.3. The summed E-state index contributed by atoms with van der Waals surface area (Å²) in [5, 5.41) is 10.7. The molecule has 3 aromatic rings. The van der Waals surface area contributed by atoms with Gasteiger partial charge in [-0.05, 0) is 24.3 Å². The SMILES string of the molecule is N#CCc1ccc(-c2ccc(Cl)c(Cl)c2Cl)c(-c2ccc(Cl)c(Cl)c2Cl)n1. The second kappa shape index (κ2) is 8.45. The zero-order chi connectivity index (χ0) is 19.7. The molecule has 0 saturated heterocycles. The number of aromatic nitrogens is 1. The molecule has 0 spiro atoms. The Morgan fingerprint density at radius 2 is 1.19 bits per heavy atom. The Morgan fingerprint density at radius 3 is 1.78 bits per heavy atom. The van der Waals surface area contributed by atoms with Crippen LogP contribution in [0.3, 0.4) is 0 Å². The van der Waals surface area contributed by atoms with E-state index in [2.05, 4.69) is 11.1 Å². The number of hydrogen-bond acceptors (Lipinski definition) is 2. The Balaban J connectivity index is 2.33. The average molecular weight is 477 g/mol. The normalized spacial score (nSPS) is 10.7. The van der Waals surface area contributed by atoms with E-state index in [-0.39, 0.29) is 26.5 Å². The lowest BCUT2D eigenvalue weighted by Crippen LogP contribution is -1.96. The van der Waals surface area contributed by atoms with E-state index in [4.69, 9.17) is 74.9 Å². The third kappa shape index (κ3) is 4.00. The Morgan fingerprint density at radius 1 is 0.667 bits per heavy atom. The molecule has 3 rings (SSSR count). The maximum Gasteiger partial charge on any atom is 0.0800 e. The first kappa shape index (κ1) is 20.6. The Kier molecular flexibility index (Phi) is 6.43. The molecule has 0 aliphatic heterocycles. The van der Waals surface area contributed by atoms with Gasteiger partial charge in [0, 0.05) is 16.7 Å². The lowest BCUT2D eigenvalue weighted by atomic mass is 9.98. The molecule has 0 aliphatic carbocycles. The Hall–Kier alpha value is -1.18. The molecule has 0 atom stereocenters. The summed E-state index contributed by atoms with van der Waals surface area (Å²) in [6.45, 7) is 0. The van der Waals surface area contributed by atoms with Gasteiger partial charge in [0.05, 0.1) is 54.0 Å². The Labute approximate surface area is 186 Å². The third-order valence-corrected chi connectivity index (χ3v) is 6.42. The van der Waals surface area contributed by atoms with Crippen molar-refractivity contribution in [3.05, 3.63) is 72.2 Å². The fourth-order valence-electron chi connectivity index (χ4n) is 2.54. The molecular weight excluding hydrogens is 469 g/mol. The van der Waals surface area contributed by atoms with Crippen molar-refractivity contribution < 1.29 is 0 Å². The van der Waals surface area contributed by atoms with Crippen LogP contribution in [0.25, 0.3) is 22.4 Å². The molecule has 27 heavy (non-hydrogen) atoms. The van der Waals surface area contributed by atoms with E-state index >= 15 is 0 Å². The van der Waals surface area contributed by atoms with Gasteiger partial charge in [-0.3, -0.25) is 4.98 Å². The van der Waals surface area contributed by atoms with Crippen molar-refractivity contribution in [3.8, 4) is 28.5 Å². The van der Waals surface area contributed by atoms with Crippen molar-refractivity contribution in [2.24, 2.45) is 0 Å². The van der Waals surface area contributed by atoms with E-state index in [0.717, 1.165) is 0 Å². The number of pyridine rings is 1. The highest BCUT2D eigenvalue weighted by Gasteiger charge is 2.19. The van der Waals surface area contributed by atoms with Gasteiger partial charge >= 0.3 is 0 Å². The maximum atomic E-state index is 9.01. The summed E-state index contributed by atoms with van der Waals surface area (Å²) in [7, 11) is 0. The molecule has 2 nitrogen and oxygen atoms in total. The average Bonchev–Trinajstić information content (AvgIpc) is 2.65. The summed E-state index contributed by atoms with van der Waals surface area (Å²) in [5.41, 5.74) is 2.93. The highest BCUT2D eigenvalue weighted by Crippen LogP contribution is 2.44. The lowest BCUT2D eigenvalue weighted by molar-refractivity contribution is 1.12. The van der Waals surface area contributed by atoms with Gasteiger partial charge in [0.15, 0.2) is 0 Å². The van der Waals surface area contributed by atoms with Crippen LogP contribution < -0.4 is 0 Å². The van der Waals surface area contributed by atoms with Crippen LogP contribution in [0.15, 0.2) is 36.4 Å². The van der Waals surface area contributed by atoms with Crippen LogP contribution in [-0.4, -0.2) is 4.98 Å². The number of benzene rings is 2. The first-order chi connectivity index (χ1) is 12.8. The minimum absolute atomic E-state index is 0.140. The van der Waals surface area contributed by atoms with Gasteiger partial charge in [-0.2, -0.15) is 5.26 Å². The van der Waals surface area contributed by atoms with E-state index in [0.29, 0.717) is 38.1 Å². The van der Waals surface area contributed by atoms with Gasteiger partial charge in [0.2, 0.25) is 0 Å². The zero-order valence-corrected chi connectivity index (χ0v) is 17.9. The lowest BCUT2D eigenvalue weighted by Gasteiger charge is -2.15. The van der Waals surface area contributed by atoms with E-state index in [9.17, 15) is 0 Å². The molecular formula is C19H8Cl6N2. The predicted octanol–water partition coefficient (Wildman–Crippen LogP) is 8.40. The topological polar surface area (TPSA) is 36.7 Å². The smallest absolute Gasteiger partial charge is 0.0800 e. The monoisotopic (exact) mass is 474 g/mol. The summed E-state index contributed by atoms with van der Waals surface area (Å²) in [6, 6.07) is 12.4. The van der Waals surface area contributed by atoms with Crippen LogP contribution in [0.5, 0.6) is 0 Å². The van der Waals surface area contributed by atoms with Crippen molar-refractivity contribution in [2.75, 3.05) is 0 Å². The quantitative estimate of drug-likeness (QED) is 0.356. The molecule has 136 valence electrons. The van der Waals surface area contributed by atoms with Crippen LogP contribution in [-0.2, 0) is 6.42 Å². The highest BCUT2D eigenvalue weighted by atomic mass is 35.5. The van der Waals surface area contributed by atoms with Crippen molar-refractivity contribution in [1.29, 1.82) is 5.26 Å². The minimum atomic E-state index is 0.140. The number of nitrogens with zero attached hydrogens (tertiary/aromatic N) is 2. The number of hydrogen-bond donors (Lipinski definition) is 0. The van der Waals surface area contributed by atoms with Crippen molar-refractivity contribution in [1.82, 2.24) is 4.98 Å². The maximum absolute atomic E-state index is 9.01. The van der Waals surface area contributed by atoms with Crippen LogP contribution in [0.1, 0.15) is 5.69 Å². The fourth-order valence-corrected chi connectivity index (χ4v) is 3.81. The van der Waals surface area contributed by atoms with Gasteiger partial charge in [0.1, 0.15) is 0 Å². The number of rotatable bonds is 3. The standard InChI is InChI=1S/C19H8Cl6N2/c20-13-5-3-10(15(22)17(13)24)11-2-1-9(7-8-26)27-19(11)12-4-6-14(21)18(25)16(12)23/h1-6H,7H2. The number of halogens is 6. The van der Waals surface area contributed by atoms with Crippen molar-refractivity contribution in [3.63, 3.8) is 0 Å². The van der Waals surface area contributed by atoms with E-state index in [1.54, 1.807) is 36.4 Å². The molecule has 0 saturated carbocycles. The number of nitriles is 1. The minimum Gasteiger partial charge on any atom is -0.251 e. The summed E-state index contributed by atoms with van der Waals surface area (Å²) < 4.78 is 0. The molecule has 0 radical (unpaired) electrons. The molecule has 0 bridgehead atoms. The van der Waals surface area contributed by atoms with E-state index in [1.165, 1.54) is 0 Å². The molecule has 1 heterocycles. The molecule has 0 fully saturated rings. The molecule has 1 aromatic heterocycles. The van der Waals surface area contributed by atoms with Gasteiger partial charge in [-0.1, -0.05) is 81.7 Å². The van der Waals surface area contributed by atoms with Gasteiger partial charge < -0.3 is 0 Å². The molecule has 0 aliphatic rings. The van der Waals surface area contributed by atoms with Crippen LogP contribution >= 0.6 is 69.6 Å². The predicted molar refractivity (Wildman–Crippen MR) is 114 cm³/mol. The van der Waals surface area contributed by atoms with Crippen LogP contribution in [0.2, 0.25) is 30.1 Å². The Bertz CT molecular complexity index is 1090. The summed E-state index contributed by atoms with van der Waals surface area (Å²) in [6.07, 6.45) is 0.140. The van der Waals surface area contributed by atoms with Crippen molar-refractivity contribution in [2.45, 2.75) is 6.42 Å². The summed E-state index contributed by atoms with van der Waals surface area (Å²) in [4.78, 5) is 4.59. The molecule has 8 heteroatoms. The van der Waals surface area contributed by atoms with Gasteiger partial charge in [-0.15, -0.1) is 0 Å².